The van der Waals surface area contributed by atoms with E-state index in [4.69, 9.17) is 5.73 Å². The lowest BCUT2D eigenvalue weighted by atomic mass is 10.1. The molecule has 0 aliphatic heterocycles. The van der Waals surface area contributed by atoms with E-state index in [-0.39, 0.29) is 0 Å². The largest absolute Gasteiger partial charge is 0.330 e. The molecule has 0 atom stereocenters. The van der Waals surface area contributed by atoms with Crippen LogP contribution >= 0.6 is 0 Å². The van der Waals surface area contributed by atoms with E-state index in [1.165, 1.54) is 29.5 Å². The fraction of sp³-hybridized carbons (Fsp3) is 0.500. The molecule has 0 unspecified atom stereocenters. The summed E-state index contributed by atoms with van der Waals surface area (Å²) in [5, 5.41) is 5.79. The minimum atomic E-state index is 0.665. The smallest absolute Gasteiger partial charge is 0.157 e. The first-order valence-electron chi connectivity index (χ1n) is 5.81. The van der Waals surface area contributed by atoms with Gasteiger partial charge in [0.15, 0.2) is 5.65 Å². The second-order valence-corrected chi connectivity index (χ2v) is 4.54. The second kappa shape index (κ2) is 3.56. The van der Waals surface area contributed by atoms with Crippen LogP contribution in [0.2, 0.25) is 0 Å². The molecule has 4 nitrogen and oxygen atoms in total. The SMILES string of the molecule is Cn1nc(C2CC2)c2cc(CCN)cnc21. The van der Waals surface area contributed by atoms with Crippen LogP contribution in [0.4, 0.5) is 0 Å². The zero-order chi connectivity index (χ0) is 11.1. The predicted molar refractivity (Wildman–Crippen MR) is 63.2 cm³/mol. The van der Waals surface area contributed by atoms with Gasteiger partial charge < -0.3 is 5.73 Å². The molecule has 0 bridgehead atoms. The molecule has 0 radical (unpaired) electrons. The van der Waals surface area contributed by atoms with Crippen molar-refractivity contribution in [3.8, 4) is 0 Å². The van der Waals surface area contributed by atoms with Crippen molar-refractivity contribution < 1.29 is 0 Å². The Kier molecular flexibility index (Phi) is 2.17. The van der Waals surface area contributed by atoms with Gasteiger partial charge in [-0.05, 0) is 37.4 Å². The maximum absolute atomic E-state index is 5.57. The summed E-state index contributed by atoms with van der Waals surface area (Å²) in [6, 6.07) is 2.20. The fourth-order valence-corrected chi connectivity index (χ4v) is 2.17. The van der Waals surface area contributed by atoms with Gasteiger partial charge in [-0.1, -0.05) is 0 Å². The van der Waals surface area contributed by atoms with Crippen LogP contribution in [-0.2, 0) is 13.5 Å². The summed E-state index contributed by atoms with van der Waals surface area (Å²) >= 11 is 0. The lowest BCUT2D eigenvalue weighted by molar-refractivity contribution is 0.759. The third kappa shape index (κ3) is 1.50. The molecule has 2 aromatic rings. The topological polar surface area (TPSA) is 56.7 Å². The second-order valence-electron chi connectivity index (χ2n) is 4.54. The molecule has 1 aliphatic rings. The zero-order valence-corrected chi connectivity index (χ0v) is 9.48. The van der Waals surface area contributed by atoms with Crippen molar-refractivity contribution in [1.82, 2.24) is 14.8 Å². The molecule has 4 heteroatoms. The Morgan fingerprint density at radius 3 is 3.00 bits per heavy atom. The first-order valence-corrected chi connectivity index (χ1v) is 5.81. The summed E-state index contributed by atoms with van der Waals surface area (Å²) in [4.78, 5) is 4.48. The highest BCUT2D eigenvalue weighted by atomic mass is 15.3. The van der Waals surface area contributed by atoms with Gasteiger partial charge in [-0.25, -0.2) is 4.98 Å². The summed E-state index contributed by atoms with van der Waals surface area (Å²) < 4.78 is 1.88. The van der Waals surface area contributed by atoms with Gasteiger partial charge in [0, 0.05) is 24.5 Å². The van der Waals surface area contributed by atoms with Gasteiger partial charge in [-0.3, -0.25) is 4.68 Å². The van der Waals surface area contributed by atoms with Crippen LogP contribution in [0.15, 0.2) is 12.3 Å². The van der Waals surface area contributed by atoms with E-state index in [0.29, 0.717) is 12.5 Å². The highest BCUT2D eigenvalue weighted by Gasteiger charge is 2.28. The average molecular weight is 216 g/mol. The van der Waals surface area contributed by atoms with E-state index < -0.39 is 0 Å². The zero-order valence-electron chi connectivity index (χ0n) is 9.48. The number of fused-ring (bicyclic) bond motifs is 1. The Labute approximate surface area is 94.5 Å². The maximum Gasteiger partial charge on any atom is 0.157 e. The molecule has 0 aromatic carbocycles. The van der Waals surface area contributed by atoms with E-state index in [1.54, 1.807) is 0 Å². The maximum atomic E-state index is 5.57. The van der Waals surface area contributed by atoms with Crippen LogP contribution in [0.1, 0.15) is 30.0 Å². The number of aryl methyl sites for hydroxylation is 1. The van der Waals surface area contributed by atoms with Crippen LogP contribution in [-0.4, -0.2) is 21.3 Å². The van der Waals surface area contributed by atoms with Crippen molar-refractivity contribution in [2.45, 2.75) is 25.2 Å². The monoisotopic (exact) mass is 216 g/mol. The van der Waals surface area contributed by atoms with Gasteiger partial charge in [0.25, 0.3) is 0 Å². The molecule has 1 saturated carbocycles. The molecule has 3 rings (SSSR count). The summed E-state index contributed by atoms with van der Waals surface area (Å²) in [5.41, 5.74) is 9.00. The third-order valence-electron chi connectivity index (χ3n) is 3.16. The standard InChI is InChI=1S/C12H16N4/c1-16-12-10(11(15-16)9-2-3-9)6-8(4-5-13)7-14-12/h6-7,9H,2-5,13H2,1H3. The minimum absolute atomic E-state index is 0.665. The van der Waals surface area contributed by atoms with Crippen LogP contribution in [0.25, 0.3) is 11.0 Å². The number of hydrogen-bond donors (Lipinski definition) is 1. The highest BCUT2D eigenvalue weighted by Crippen LogP contribution is 2.42. The first kappa shape index (κ1) is 9.78. The van der Waals surface area contributed by atoms with Crippen molar-refractivity contribution in [1.29, 1.82) is 0 Å². The van der Waals surface area contributed by atoms with Gasteiger partial charge in [0.05, 0.1) is 5.69 Å². The molecule has 2 aromatic heterocycles. The molecule has 16 heavy (non-hydrogen) atoms. The number of nitrogens with two attached hydrogens (primary N) is 1. The molecule has 2 N–H and O–H groups in total. The van der Waals surface area contributed by atoms with E-state index >= 15 is 0 Å². The average Bonchev–Trinajstić information content (AvgIpc) is 3.06. The Morgan fingerprint density at radius 1 is 1.50 bits per heavy atom. The van der Waals surface area contributed by atoms with Crippen LogP contribution in [0.5, 0.6) is 0 Å². The van der Waals surface area contributed by atoms with Gasteiger partial charge in [0.1, 0.15) is 0 Å². The Morgan fingerprint density at radius 2 is 2.31 bits per heavy atom. The van der Waals surface area contributed by atoms with E-state index in [0.717, 1.165) is 12.1 Å². The normalized spacial score (nSPS) is 15.9. The molecule has 0 amide bonds. The van der Waals surface area contributed by atoms with Gasteiger partial charge in [-0.15, -0.1) is 0 Å². The molecule has 1 fully saturated rings. The summed E-state index contributed by atoms with van der Waals surface area (Å²) in [6.07, 6.45) is 5.34. The van der Waals surface area contributed by atoms with Crippen LogP contribution < -0.4 is 5.73 Å². The number of nitrogens with zero attached hydrogens (tertiary/aromatic N) is 3. The number of hydrogen-bond acceptors (Lipinski definition) is 3. The Balaban J connectivity index is 2.15. The lowest BCUT2D eigenvalue weighted by Crippen LogP contribution is -2.03. The number of rotatable bonds is 3. The molecule has 2 heterocycles. The van der Waals surface area contributed by atoms with Crippen molar-refractivity contribution in [2.75, 3.05) is 6.54 Å². The van der Waals surface area contributed by atoms with Gasteiger partial charge in [0.2, 0.25) is 0 Å². The molecular formula is C12H16N4. The highest BCUT2D eigenvalue weighted by molar-refractivity contribution is 5.79. The fourth-order valence-electron chi connectivity index (χ4n) is 2.17. The lowest BCUT2D eigenvalue weighted by Gasteiger charge is -1.99. The van der Waals surface area contributed by atoms with E-state index in [2.05, 4.69) is 16.1 Å². The first-order chi connectivity index (χ1) is 7.79. The van der Waals surface area contributed by atoms with Gasteiger partial charge in [-0.2, -0.15) is 5.10 Å². The molecule has 0 saturated heterocycles. The van der Waals surface area contributed by atoms with Crippen molar-refractivity contribution in [3.05, 3.63) is 23.5 Å². The Hall–Kier alpha value is -1.42. The van der Waals surface area contributed by atoms with Crippen LogP contribution in [0.3, 0.4) is 0 Å². The Bertz CT molecular complexity index is 525. The predicted octanol–water partition coefficient (Wildman–Crippen LogP) is 1.35. The van der Waals surface area contributed by atoms with Crippen LogP contribution in [0, 0.1) is 0 Å². The van der Waals surface area contributed by atoms with Crippen molar-refractivity contribution in [3.63, 3.8) is 0 Å². The molecule has 84 valence electrons. The van der Waals surface area contributed by atoms with Gasteiger partial charge >= 0.3 is 0 Å². The van der Waals surface area contributed by atoms with E-state index in [9.17, 15) is 0 Å². The number of pyridine rings is 1. The molecule has 0 spiro atoms. The molecule has 1 aliphatic carbocycles. The van der Waals surface area contributed by atoms with E-state index in [1.807, 2.05) is 17.9 Å². The minimum Gasteiger partial charge on any atom is -0.330 e. The third-order valence-corrected chi connectivity index (χ3v) is 3.16. The van der Waals surface area contributed by atoms with Crippen molar-refractivity contribution in [2.24, 2.45) is 12.8 Å². The number of aromatic nitrogens is 3. The summed E-state index contributed by atoms with van der Waals surface area (Å²) in [5.74, 6) is 0.665. The summed E-state index contributed by atoms with van der Waals surface area (Å²) in [6.45, 7) is 0.673. The molecular weight excluding hydrogens is 200 g/mol. The summed E-state index contributed by atoms with van der Waals surface area (Å²) in [7, 11) is 1.96. The quantitative estimate of drug-likeness (QED) is 0.842. The van der Waals surface area contributed by atoms with Crippen molar-refractivity contribution >= 4 is 11.0 Å².